The maximum absolute atomic E-state index is 13.2. The largest absolute Gasteiger partial charge is 0.416 e. The number of nitrogens with one attached hydrogen (secondary N) is 1. The number of benzene rings is 2. The van der Waals surface area contributed by atoms with Crippen LogP contribution in [0.4, 0.5) is 19.0 Å². The van der Waals surface area contributed by atoms with Crippen LogP contribution < -0.4 is 11.1 Å². The van der Waals surface area contributed by atoms with Crippen molar-refractivity contribution < 1.29 is 18.3 Å². The first kappa shape index (κ1) is 24.7. The van der Waals surface area contributed by atoms with E-state index in [9.17, 15) is 18.3 Å². The van der Waals surface area contributed by atoms with Crippen molar-refractivity contribution in [2.45, 2.75) is 51.4 Å². The molecule has 1 atom stereocenters. The van der Waals surface area contributed by atoms with Crippen molar-refractivity contribution in [3.63, 3.8) is 0 Å². The fourth-order valence-corrected chi connectivity index (χ4v) is 5.15. The summed E-state index contributed by atoms with van der Waals surface area (Å²) in [7, 11) is 0. The lowest BCUT2D eigenvalue weighted by atomic mass is 9.57. The Bertz CT molecular complexity index is 1220. The van der Waals surface area contributed by atoms with Gasteiger partial charge in [-0.15, -0.1) is 11.6 Å². The number of aromatic nitrogens is 2. The Balaban J connectivity index is 1.72. The van der Waals surface area contributed by atoms with Gasteiger partial charge in [0, 0.05) is 22.7 Å². The predicted molar refractivity (Wildman–Crippen MR) is 128 cm³/mol. The Kier molecular flexibility index (Phi) is 6.29. The summed E-state index contributed by atoms with van der Waals surface area (Å²) < 4.78 is 39.6. The summed E-state index contributed by atoms with van der Waals surface area (Å²) >= 11 is 6.11. The van der Waals surface area contributed by atoms with Crippen LogP contribution in [0.25, 0.3) is 10.9 Å². The van der Waals surface area contributed by atoms with Crippen LogP contribution in [0.15, 0.2) is 36.4 Å². The van der Waals surface area contributed by atoms with Gasteiger partial charge in [-0.2, -0.15) is 13.2 Å². The molecule has 2 aromatic carbocycles. The van der Waals surface area contributed by atoms with E-state index in [2.05, 4.69) is 15.3 Å². The van der Waals surface area contributed by atoms with Crippen molar-refractivity contribution in [3.8, 4) is 0 Å². The molecule has 0 unspecified atom stereocenters. The molecule has 34 heavy (non-hydrogen) atoms. The molecule has 1 aromatic heterocycles. The van der Waals surface area contributed by atoms with Crippen molar-refractivity contribution in [2.24, 2.45) is 11.1 Å². The molecule has 0 saturated heterocycles. The normalized spacial score (nSPS) is 23.6. The molecule has 1 saturated carbocycles. The standard InChI is InChI=1S/C25H28ClF3N4O/c1-14-7-19(24(34)10-23(11-24,12-26)13-30)9-20-21(14)32-16(3)33-22(20)31-15(2)17-5-4-6-18(8-17)25(27,28)29/h4-9,15,34H,10-13,30H2,1-3H3,(H,31,32,33)/t15-,23?,24?/m1/s1. The van der Waals surface area contributed by atoms with E-state index in [0.717, 1.165) is 28.8 Å². The second-order valence-electron chi connectivity index (χ2n) is 9.52. The zero-order valence-corrected chi connectivity index (χ0v) is 20.1. The van der Waals surface area contributed by atoms with E-state index in [1.54, 1.807) is 19.9 Å². The summed E-state index contributed by atoms with van der Waals surface area (Å²) in [6.45, 7) is 5.86. The maximum Gasteiger partial charge on any atom is 0.416 e. The molecule has 0 bridgehead atoms. The minimum Gasteiger partial charge on any atom is -0.385 e. The summed E-state index contributed by atoms with van der Waals surface area (Å²) in [5.74, 6) is 1.42. The molecular weight excluding hydrogens is 465 g/mol. The summed E-state index contributed by atoms with van der Waals surface area (Å²) in [4.78, 5) is 9.11. The first-order valence-electron chi connectivity index (χ1n) is 11.1. The maximum atomic E-state index is 13.2. The molecule has 1 heterocycles. The monoisotopic (exact) mass is 492 g/mol. The summed E-state index contributed by atoms with van der Waals surface area (Å²) in [5.41, 5.74) is 6.66. The van der Waals surface area contributed by atoms with Crippen LogP contribution in [-0.2, 0) is 11.8 Å². The number of hydrogen-bond donors (Lipinski definition) is 3. The number of aryl methyl sites for hydroxylation is 2. The lowest BCUT2D eigenvalue weighted by Gasteiger charge is -2.52. The van der Waals surface area contributed by atoms with Crippen LogP contribution in [0.1, 0.15) is 53.9 Å². The number of nitrogens with two attached hydrogens (primary N) is 1. The Morgan fingerprint density at radius 1 is 1.18 bits per heavy atom. The summed E-state index contributed by atoms with van der Waals surface area (Å²) in [5, 5.41) is 15.3. The number of alkyl halides is 4. The fourth-order valence-electron chi connectivity index (χ4n) is 4.86. The van der Waals surface area contributed by atoms with Crippen molar-refractivity contribution in [2.75, 3.05) is 17.7 Å². The SMILES string of the molecule is Cc1nc(N[C@H](C)c2cccc(C(F)(F)F)c2)c2cc(C3(O)CC(CN)(CCl)C3)cc(C)c2n1. The number of nitrogens with zero attached hydrogens (tertiary/aromatic N) is 2. The van der Waals surface area contributed by atoms with Gasteiger partial charge in [0.15, 0.2) is 0 Å². The molecule has 1 fully saturated rings. The van der Waals surface area contributed by atoms with Crippen molar-refractivity contribution in [1.82, 2.24) is 9.97 Å². The average molecular weight is 493 g/mol. The third-order valence-corrected chi connectivity index (χ3v) is 7.33. The first-order chi connectivity index (χ1) is 15.9. The molecule has 0 radical (unpaired) electrons. The number of anilines is 1. The molecule has 1 aliphatic rings. The third-order valence-electron chi connectivity index (χ3n) is 6.76. The van der Waals surface area contributed by atoms with Gasteiger partial charge < -0.3 is 16.2 Å². The molecule has 4 N–H and O–H groups in total. The highest BCUT2D eigenvalue weighted by Gasteiger charge is 2.53. The number of fused-ring (bicyclic) bond motifs is 1. The topological polar surface area (TPSA) is 84.1 Å². The van der Waals surface area contributed by atoms with E-state index in [0.29, 0.717) is 47.9 Å². The fraction of sp³-hybridized carbons (Fsp3) is 0.440. The minimum absolute atomic E-state index is 0.290. The highest BCUT2D eigenvalue weighted by molar-refractivity contribution is 6.18. The van der Waals surface area contributed by atoms with Crippen LogP contribution in [0.3, 0.4) is 0 Å². The number of halogens is 4. The molecule has 0 spiro atoms. The average Bonchev–Trinajstić information content (AvgIpc) is 2.76. The smallest absolute Gasteiger partial charge is 0.385 e. The van der Waals surface area contributed by atoms with E-state index in [1.165, 1.54) is 6.07 Å². The molecule has 182 valence electrons. The predicted octanol–water partition coefficient (Wildman–Crippen LogP) is 5.60. The highest BCUT2D eigenvalue weighted by atomic mass is 35.5. The minimum atomic E-state index is -4.42. The molecule has 0 amide bonds. The van der Waals surface area contributed by atoms with Gasteiger partial charge in [0.2, 0.25) is 0 Å². The van der Waals surface area contributed by atoms with Gasteiger partial charge in [0.25, 0.3) is 0 Å². The Hall–Kier alpha value is -2.42. The second-order valence-corrected chi connectivity index (χ2v) is 9.79. The Labute approximate surface area is 201 Å². The van der Waals surface area contributed by atoms with Gasteiger partial charge in [-0.1, -0.05) is 18.2 Å². The Morgan fingerprint density at radius 3 is 2.50 bits per heavy atom. The van der Waals surface area contributed by atoms with Crippen LogP contribution in [0.5, 0.6) is 0 Å². The van der Waals surface area contributed by atoms with Crippen molar-refractivity contribution in [1.29, 1.82) is 0 Å². The number of rotatable bonds is 6. The van der Waals surface area contributed by atoms with Crippen LogP contribution in [0, 0.1) is 19.3 Å². The highest BCUT2D eigenvalue weighted by Crippen LogP contribution is 2.54. The lowest BCUT2D eigenvalue weighted by Crippen LogP contribution is -2.54. The molecule has 3 aromatic rings. The van der Waals surface area contributed by atoms with Gasteiger partial charge in [0.1, 0.15) is 11.6 Å². The zero-order valence-electron chi connectivity index (χ0n) is 19.3. The van der Waals surface area contributed by atoms with Gasteiger partial charge in [0.05, 0.1) is 16.7 Å². The van der Waals surface area contributed by atoms with Crippen molar-refractivity contribution in [3.05, 3.63) is 64.5 Å². The number of hydrogen-bond acceptors (Lipinski definition) is 5. The quantitative estimate of drug-likeness (QED) is 0.390. The summed E-state index contributed by atoms with van der Waals surface area (Å²) in [6, 6.07) is 8.57. The second kappa shape index (κ2) is 8.66. The van der Waals surface area contributed by atoms with E-state index in [-0.39, 0.29) is 5.41 Å². The molecule has 1 aliphatic carbocycles. The van der Waals surface area contributed by atoms with Crippen LogP contribution in [-0.4, -0.2) is 27.5 Å². The van der Waals surface area contributed by atoms with Gasteiger partial charge >= 0.3 is 6.18 Å². The number of aliphatic hydroxyl groups is 1. The molecule has 4 rings (SSSR count). The molecular formula is C25H28ClF3N4O. The van der Waals surface area contributed by atoms with Gasteiger partial charge in [-0.3, -0.25) is 0 Å². The van der Waals surface area contributed by atoms with Crippen LogP contribution in [0.2, 0.25) is 0 Å². The first-order valence-corrected chi connectivity index (χ1v) is 11.6. The van der Waals surface area contributed by atoms with Crippen LogP contribution >= 0.6 is 11.6 Å². The Morgan fingerprint density at radius 2 is 1.88 bits per heavy atom. The summed E-state index contributed by atoms with van der Waals surface area (Å²) in [6.07, 6.45) is -3.50. The van der Waals surface area contributed by atoms with E-state index >= 15 is 0 Å². The molecule has 0 aliphatic heterocycles. The lowest BCUT2D eigenvalue weighted by molar-refractivity contribution is -0.137. The van der Waals surface area contributed by atoms with E-state index in [1.807, 2.05) is 19.1 Å². The van der Waals surface area contributed by atoms with Crippen molar-refractivity contribution >= 4 is 28.3 Å². The van der Waals surface area contributed by atoms with Gasteiger partial charge in [-0.25, -0.2) is 9.97 Å². The molecule has 9 heteroatoms. The zero-order chi connectivity index (χ0) is 24.9. The van der Waals surface area contributed by atoms with E-state index < -0.39 is 23.4 Å². The van der Waals surface area contributed by atoms with Gasteiger partial charge in [-0.05, 0) is 75.0 Å². The molecule has 5 nitrogen and oxygen atoms in total. The van der Waals surface area contributed by atoms with E-state index in [4.69, 9.17) is 17.3 Å². The third kappa shape index (κ3) is 4.46.